The van der Waals surface area contributed by atoms with Crippen LogP contribution >= 0.6 is 0 Å². The molecule has 3 nitrogen and oxygen atoms in total. The molecule has 1 spiro atoms. The Bertz CT molecular complexity index is 447. The standard InChI is InChI=1S/C16H24O3/c1-8-5-12-13(19-12)11-6-16(14(17)15(8,11)4)9(2)7-18-10(16)3/h8,10-14,17H,2,5-7H2,1,3-4H3/t8-,10+,11-,12?,13+,14-,15+,16+/m1/s1. The summed E-state index contributed by atoms with van der Waals surface area (Å²) in [5, 5.41) is 11.2. The van der Waals surface area contributed by atoms with Crippen LogP contribution in [-0.2, 0) is 9.47 Å². The average molecular weight is 264 g/mol. The summed E-state index contributed by atoms with van der Waals surface area (Å²) in [6, 6.07) is 0. The van der Waals surface area contributed by atoms with Crippen molar-refractivity contribution in [2.45, 2.75) is 58.0 Å². The summed E-state index contributed by atoms with van der Waals surface area (Å²) >= 11 is 0. The predicted octanol–water partition coefficient (Wildman–Crippen LogP) is 2.14. The predicted molar refractivity (Wildman–Crippen MR) is 71.6 cm³/mol. The molecule has 0 aromatic heterocycles. The van der Waals surface area contributed by atoms with Crippen molar-refractivity contribution < 1.29 is 14.6 Å². The third-order valence-corrected chi connectivity index (χ3v) is 6.99. The monoisotopic (exact) mass is 264 g/mol. The first-order valence-electron chi connectivity index (χ1n) is 7.55. The highest BCUT2D eigenvalue weighted by Crippen LogP contribution is 2.69. The molecular weight excluding hydrogens is 240 g/mol. The molecule has 4 rings (SSSR count). The van der Waals surface area contributed by atoms with Gasteiger partial charge < -0.3 is 14.6 Å². The van der Waals surface area contributed by atoms with Crippen molar-refractivity contribution in [2.75, 3.05) is 6.61 Å². The van der Waals surface area contributed by atoms with Crippen molar-refractivity contribution in [2.24, 2.45) is 22.7 Å². The van der Waals surface area contributed by atoms with E-state index < -0.39 is 0 Å². The zero-order valence-electron chi connectivity index (χ0n) is 12.1. The van der Waals surface area contributed by atoms with Crippen LogP contribution in [0.15, 0.2) is 12.2 Å². The molecule has 0 bridgehead atoms. The van der Waals surface area contributed by atoms with Crippen molar-refractivity contribution >= 4 is 0 Å². The van der Waals surface area contributed by atoms with E-state index in [9.17, 15) is 5.11 Å². The maximum Gasteiger partial charge on any atom is 0.0876 e. The van der Waals surface area contributed by atoms with E-state index in [2.05, 4.69) is 27.4 Å². The first-order chi connectivity index (χ1) is 8.92. The van der Waals surface area contributed by atoms with Gasteiger partial charge >= 0.3 is 0 Å². The maximum absolute atomic E-state index is 11.2. The van der Waals surface area contributed by atoms with Crippen LogP contribution in [-0.4, -0.2) is 36.1 Å². The fourth-order valence-corrected chi connectivity index (χ4v) is 5.38. The van der Waals surface area contributed by atoms with Crippen LogP contribution in [0.25, 0.3) is 0 Å². The van der Waals surface area contributed by atoms with Gasteiger partial charge in [-0.1, -0.05) is 20.4 Å². The Morgan fingerprint density at radius 1 is 1.37 bits per heavy atom. The zero-order valence-corrected chi connectivity index (χ0v) is 12.1. The smallest absolute Gasteiger partial charge is 0.0876 e. The molecular formula is C16H24O3. The Kier molecular flexibility index (Phi) is 2.24. The Morgan fingerprint density at radius 2 is 2.11 bits per heavy atom. The van der Waals surface area contributed by atoms with E-state index in [1.807, 2.05) is 0 Å². The normalized spacial score (nSPS) is 63.3. The van der Waals surface area contributed by atoms with Crippen molar-refractivity contribution in [3.05, 3.63) is 12.2 Å². The van der Waals surface area contributed by atoms with Gasteiger partial charge in [0.25, 0.3) is 0 Å². The van der Waals surface area contributed by atoms with E-state index in [1.165, 1.54) is 0 Å². The van der Waals surface area contributed by atoms with Gasteiger partial charge in [-0.25, -0.2) is 0 Å². The number of rotatable bonds is 0. The van der Waals surface area contributed by atoms with Crippen LogP contribution in [0.2, 0.25) is 0 Å². The minimum absolute atomic E-state index is 0.0530. The molecule has 106 valence electrons. The number of hydrogen-bond donors (Lipinski definition) is 1. The van der Waals surface area contributed by atoms with E-state index in [-0.39, 0.29) is 23.0 Å². The lowest BCUT2D eigenvalue weighted by atomic mass is 9.61. The number of aliphatic hydroxyl groups excluding tert-OH is 1. The number of aliphatic hydroxyl groups is 1. The molecule has 3 heteroatoms. The maximum atomic E-state index is 11.2. The van der Waals surface area contributed by atoms with Crippen molar-refractivity contribution in [1.29, 1.82) is 0 Å². The van der Waals surface area contributed by atoms with E-state index in [0.29, 0.717) is 30.7 Å². The van der Waals surface area contributed by atoms with Gasteiger partial charge in [0, 0.05) is 10.8 Å². The molecule has 1 N–H and O–H groups in total. The molecule has 4 aliphatic rings. The summed E-state index contributed by atoms with van der Waals surface area (Å²) in [5.74, 6) is 0.952. The second-order valence-electron chi connectivity index (χ2n) is 7.45. The molecule has 0 radical (unpaired) electrons. The largest absolute Gasteiger partial charge is 0.392 e. The Morgan fingerprint density at radius 3 is 2.74 bits per heavy atom. The quantitative estimate of drug-likeness (QED) is 0.538. The lowest BCUT2D eigenvalue weighted by Gasteiger charge is -2.44. The molecule has 19 heavy (non-hydrogen) atoms. The fourth-order valence-electron chi connectivity index (χ4n) is 5.38. The molecule has 2 aliphatic heterocycles. The summed E-state index contributed by atoms with van der Waals surface area (Å²) in [7, 11) is 0. The number of hydrogen-bond acceptors (Lipinski definition) is 3. The Balaban J connectivity index is 1.81. The van der Waals surface area contributed by atoms with Gasteiger partial charge in [0.05, 0.1) is 31.0 Å². The van der Waals surface area contributed by atoms with Gasteiger partial charge in [0.15, 0.2) is 0 Å². The van der Waals surface area contributed by atoms with Gasteiger partial charge in [-0.05, 0) is 37.2 Å². The second-order valence-corrected chi connectivity index (χ2v) is 7.45. The summed E-state index contributed by atoms with van der Waals surface area (Å²) in [6.07, 6.45) is 2.61. The van der Waals surface area contributed by atoms with Crippen LogP contribution in [0.3, 0.4) is 0 Å². The molecule has 0 aromatic rings. The SMILES string of the molecule is C=C1CO[C@@H](C)[C@]12C[C@@H]1[C@@H]3OC3C[C@@H](C)[C@]1(C)[C@H]2O. The van der Waals surface area contributed by atoms with Crippen LogP contribution in [0, 0.1) is 22.7 Å². The van der Waals surface area contributed by atoms with Gasteiger partial charge in [0.2, 0.25) is 0 Å². The van der Waals surface area contributed by atoms with E-state index in [0.717, 1.165) is 18.4 Å². The van der Waals surface area contributed by atoms with Crippen LogP contribution in [0.1, 0.15) is 33.6 Å². The number of ether oxygens (including phenoxy) is 2. The molecule has 8 atom stereocenters. The summed E-state index contributed by atoms with van der Waals surface area (Å²) < 4.78 is 11.7. The number of fused-ring (bicyclic) bond motifs is 3. The highest BCUT2D eigenvalue weighted by molar-refractivity contribution is 5.30. The van der Waals surface area contributed by atoms with Gasteiger partial charge in [-0.15, -0.1) is 0 Å². The lowest BCUT2D eigenvalue weighted by molar-refractivity contribution is -0.0719. The molecule has 2 saturated heterocycles. The van der Waals surface area contributed by atoms with E-state index in [4.69, 9.17) is 9.47 Å². The van der Waals surface area contributed by atoms with Crippen LogP contribution in [0.5, 0.6) is 0 Å². The molecule has 2 saturated carbocycles. The van der Waals surface area contributed by atoms with Crippen LogP contribution in [0.4, 0.5) is 0 Å². The van der Waals surface area contributed by atoms with Crippen molar-refractivity contribution in [3.63, 3.8) is 0 Å². The summed E-state index contributed by atoms with van der Waals surface area (Å²) in [6.45, 7) is 11.4. The van der Waals surface area contributed by atoms with E-state index >= 15 is 0 Å². The highest BCUT2D eigenvalue weighted by Gasteiger charge is 2.72. The second kappa shape index (κ2) is 3.44. The molecule has 1 unspecified atom stereocenters. The molecule has 0 aromatic carbocycles. The first-order valence-corrected chi connectivity index (χ1v) is 7.55. The van der Waals surface area contributed by atoms with Crippen molar-refractivity contribution in [1.82, 2.24) is 0 Å². The van der Waals surface area contributed by atoms with Crippen molar-refractivity contribution in [3.8, 4) is 0 Å². The van der Waals surface area contributed by atoms with Gasteiger partial charge in [0.1, 0.15) is 0 Å². The third-order valence-electron chi connectivity index (χ3n) is 6.99. The first kappa shape index (κ1) is 12.4. The summed E-state index contributed by atoms with van der Waals surface area (Å²) in [4.78, 5) is 0. The van der Waals surface area contributed by atoms with E-state index in [1.54, 1.807) is 0 Å². The molecule has 2 heterocycles. The molecule has 4 fully saturated rings. The average Bonchev–Trinajstić information content (AvgIpc) is 3.01. The Hall–Kier alpha value is -0.380. The summed E-state index contributed by atoms with van der Waals surface area (Å²) in [5.41, 5.74) is 0.796. The zero-order chi connectivity index (χ0) is 13.6. The topological polar surface area (TPSA) is 42.0 Å². The third kappa shape index (κ3) is 1.21. The lowest BCUT2D eigenvalue weighted by Crippen LogP contribution is -2.49. The fraction of sp³-hybridized carbons (Fsp3) is 0.875. The van der Waals surface area contributed by atoms with Crippen LogP contribution < -0.4 is 0 Å². The van der Waals surface area contributed by atoms with Gasteiger partial charge in [-0.3, -0.25) is 0 Å². The highest BCUT2D eigenvalue weighted by atomic mass is 16.6. The number of epoxide rings is 1. The van der Waals surface area contributed by atoms with Gasteiger partial charge in [-0.2, -0.15) is 0 Å². The molecule has 0 amide bonds. The molecule has 2 aliphatic carbocycles. The minimum atomic E-state index is -0.352. The Labute approximate surface area is 115 Å². The minimum Gasteiger partial charge on any atom is -0.392 e.